The summed E-state index contributed by atoms with van der Waals surface area (Å²) in [4.78, 5) is 13.5. The summed E-state index contributed by atoms with van der Waals surface area (Å²) in [6, 6.07) is 7.91. The van der Waals surface area contributed by atoms with Gasteiger partial charge in [-0.05, 0) is 25.2 Å². The number of carbonyl (C=O) groups is 1. The van der Waals surface area contributed by atoms with Crippen LogP contribution in [-0.2, 0) is 0 Å². The molecule has 5 heteroatoms. The molecule has 2 amide bonds. The second-order valence-corrected chi connectivity index (χ2v) is 4.71. The summed E-state index contributed by atoms with van der Waals surface area (Å²) in [5.41, 5.74) is 0.922. The van der Waals surface area contributed by atoms with Crippen LogP contribution < -0.4 is 15.5 Å². The predicted molar refractivity (Wildman–Crippen MR) is 67.7 cm³/mol. The van der Waals surface area contributed by atoms with Gasteiger partial charge in [0.2, 0.25) is 0 Å². The number of carbonyl (C=O) groups excluding carboxylic acids is 1. The highest BCUT2D eigenvalue weighted by molar-refractivity contribution is 9.10. The first-order chi connectivity index (χ1) is 7.70. The summed E-state index contributed by atoms with van der Waals surface area (Å²) in [5, 5.41) is 5.99. The van der Waals surface area contributed by atoms with Gasteiger partial charge in [-0.25, -0.2) is 4.79 Å². The molecule has 16 heavy (non-hydrogen) atoms. The van der Waals surface area contributed by atoms with Crippen molar-refractivity contribution in [2.24, 2.45) is 0 Å². The topological polar surface area (TPSA) is 44.4 Å². The van der Waals surface area contributed by atoms with Crippen LogP contribution in [0.2, 0.25) is 0 Å². The van der Waals surface area contributed by atoms with E-state index in [1.165, 1.54) is 0 Å². The standard InChI is InChI=1S/C11H14BrN3O/c1-13-6-9-7-15(11(16)14-9)10-4-2-3-8(12)5-10/h2-5,9,13H,6-7H2,1H3,(H,14,16). The molecule has 1 atom stereocenters. The van der Waals surface area contributed by atoms with E-state index >= 15 is 0 Å². The molecular weight excluding hydrogens is 270 g/mol. The molecule has 1 aliphatic heterocycles. The maximum atomic E-state index is 11.7. The van der Waals surface area contributed by atoms with Gasteiger partial charge in [0.1, 0.15) is 0 Å². The minimum Gasteiger partial charge on any atom is -0.332 e. The normalized spacial score (nSPS) is 20.0. The van der Waals surface area contributed by atoms with Gasteiger partial charge in [0.05, 0.1) is 6.04 Å². The van der Waals surface area contributed by atoms with E-state index in [-0.39, 0.29) is 12.1 Å². The van der Waals surface area contributed by atoms with Gasteiger partial charge in [-0.1, -0.05) is 22.0 Å². The largest absolute Gasteiger partial charge is 0.332 e. The smallest absolute Gasteiger partial charge is 0.322 e. The molecule has 0 saturated carbocycles. The van der Waals surface area contributed by atoms with Crippen LogP contribution in [0.4, 0.5) is 10.5 Å². The molecule has 1 unspecified atom stereocenters. The zero-order valence-electron chi connectivity index (χ0n) is 9.03. The van der Waals surface area contributed by atoms with Crippen molar-refractivity contribution >= 4 is 27.6 Å². The number of benzene rings is 1. The molecule has 1 aliphatic rings. The summed E-state index contributed by atoms with van der Waals surface area (Å²) in [5.74, 6) is 0. The van der Waals surface area contributed by atoms with Crippen LogP contribution in [0.1, 0.15) is 0 Å². The van der Waals surface area contributed by atoms with E-state index in [0.29, 0.717) is 6.54 Å². The predicted octanol–water partition coefficient (Wildman–Crippen LogP) is 1.57. The second kappa shape index (κ2) is 4.84. The first kappa shape index (κ1) is 11.4. The number of urea groups is 1. The molecule has 0 spiro atoms. The number of amides is 2. The summed E-state index contributed by atoms with van der Waals surface area (Å²) in [7, 11) is 1.88. The Morgan fingerprint density at radius 1 is 1.62 bits per heavy atom. The lowest BCUT2D eigenvalue weighted by atomic mass is 10.2. The molecular formula is C11H14BrN3O. The van der Waals surface area contributed by atoms with Crippen molar-refractivity contribution in [1.29, 1.82) is 0 Å². The third-order valence-corrected chi connectivity index (χ3v) is 3.04. The number of nitrogens with one attached hydrogen (secondary N) is 2. The summed E-state index contributed by atoms with van der Waals surface area (Å²) >= 11 is 3.40. The number of nitrogens with zero attached hydrogens (tertiary/aromatic N) is 1. The number of anilines is 1. The van der Waals surface area contributed by atoms with Crippen LogP contribution in [0, 0.1) is 0 Å². The van der Waals surface area contributed by atoms with Gasteiger partial charge in [0.15, 0.2) is 0 Å². The second-order valence-electron chi connectivity index (χ2n) is 3.79. The summed E-state index contributed by atoms with van der Waals surface area (Å²) in [6.45, 7) is 1.49. The molecule has 0 aromatic heterocycles. The molecule has 4 nitrogen and oxygen atoms in total. The summed E-state index contributed by atoms with van der Waals surface area (Å²) < 4.78 is 0.981. The van der Waals surface area contributed by atoms with E-state index < -0.39 is 0 Å². The Bertz CT molecular complexity index is 397. The van der Waals surface area contributed by atoms with Gasteiger partial charge >= 0.3 is 6.03 Å². The molecule has 1 heterocycles. The Morgan fingerprint density at radius 2 is 2.44 bits per heavy atom. The minimum atomic E-state index is -0.0293. The van der Waals surface area contributed by atoms with E-state index in [0.717, 1.165) is 16.7 Å². The van der Waals surface area contributed by atoms with Gasteiger partial charge in [0.25, 0.3) is 0 Å². The molecule has 1 aromatic rings. The number of hydrogen-bond donors (Lipinski definition) is 2. The van der Waals surface area contributed by atoms with E-state index in [9.17, 15) is 4.79 Å². The highest BCUT2D eigenvalue weighted by atomic mass is 79.9. The fourth-order valence-corrected chi connectivity index (χ4v) is 2.22. The lowest BCUT2D eigenvalue weighted by Crippen LogP contribution is -2.35. The average molecular weight is 284 g/mol. The van der Waals surface area contributed by atoms with Crippen molar-refractivity contribution in [3.05, 3.63) is 28.7 Å². The van der Waals surface area contributed by atoms with Gasteiger partial charge in [-0.3, -0.25) is 4.90 Å². The van der Waals surface area contributed by atoms with Gasteiger partial charge in [0, 0.05) is 23.2 Å². The zero-order valence-corrected chi connectivity index (χ0v) is 10.6. The Morgan fingerprint density at radius 3 is 3.12 bits per heavy atom. The molecule has 0 aliphatic carbocycles. The van der Waals surface area contributed by atoms with E-state index in [4.69, 9.17) is 0 Å². The van der Waals surface area contributed by atoms with Crippen molar-refractivity contribution in [2.45, 2.75) is 6.04 Å². The van der Waals surface area contributed by atoms with Crippen molar-refractivity contribution in [3.63, 3.8) is 0 Å². The van der Waals surface area contributed by atoms with E-state index in [1.54, 1.807) is 4.90 Å². The molecule has 1 aromatic carbocycles. The van der Waals surface area contributed by atoms with Gasteiger partial charge in [-0.15, -0.1) is 0 Å². The van der Waals surface area contributed by atoms with Crippen LogP contribution in [0.25, 0.3) is 0 Å². The maximum absolute atomic E-state index is 11.7. The van der Waals surface area contributed by atoms with Crippen molar-refractivity contribution in [2.75, 3.05) is 25.0 Å². The highest BCUT2D eigenvalue weighted by Gasteiger charge is 2.29. The van der Waals surface area contributed by atoms with Crippen molar-refractivity contribution in [3.8, 4) is 0 Å². The molecule has 1 fully saturated rings. The zero-order chi connectivity index (χ0) is 11.5. The average Bonchev–Trinajstić information content (AvgIpc) is 2.60. The molecule has 2 N–H and O–H groups in total. The number of likely N-dealkylation sites (N-methyl/N-ethyl adjacent to an activating group) is 1. The number of rotatable bonds is 3. The monoisotopic (exact) mass is 283 g/mol. The fourth-order valence-electron chi connectivity index (χ4n) is 1.83. The third-order valence-electron chi connectivity index (χ3n) is 2.55. The lowest BCUT2D eigenvalue weighted by Gasteiger charge is -2.14. The Kier molecular flexibility index (Phi) is 3.46. The number of hydrogen-bond acceptors (Lipinski definition) is 2. The van der Waals surface area contributed by atoms with Crippen LogP contribution in [-0.4, -0.2) is 32.2 Å². The van der Waals surface area contributed by atoms with Crippen LogP contribution >= 0.6 is 15.9 Å². The van der Waals surface area contributed by atoms with Gasteiger partial charge < -0.3 is 10.6 Å². The van der Waals surface area contributed by atoms with Gasteiger partial charge in [-0.2, -0.15) is 0 Å². The molecule has 0 radical (unpaired) electrons. The first-order valence-electron chi connectivity index (χ1n) is 5.19. The van der Waals surface area contributed by atoms with Crippen LogP contribution in [0.15, 0.2) is 28.7 Å². The molecule has 0 bridgehead atoms. The Balaban J connectivity index is 2.13. The molecule has 86 valence electrons. The number of halogens is 1. The maximum Gasteiger partial charge on any atom is 0.322 e. The quantitative estimate of drug-likeness (QED) is 0.885. The molecule has 1 saturated heterocycles. The molecule has 2 rings (SSSR count). The Labute approximate surface area is 103 Å². The minimum absolute atomic E-state index is 0.0293. The SMILES string of the molecule is CNCC1CN(c2cccc(Br)c2)C(=O)N1. The summed E-state index contributed by atoms with van der Waals surface area (Å²) in [6.07, 6.45) is 0. The lowest BCUT2D eigenvalue weighted by molar-refractivity contribution is 0.251. The third kappa shape index (κ3) is 2.36. The van der Waals surface area contributed by atoms with E-state index in [1.807, 2.05) is 31.3 Å². The van der Waals surface area contributed by atoms with Crippen LogP contribution in [0.5, 0.6) is 0 Å². The van der Waals surface area contributed by atoms with Crippen molar-refractivity contribution in [1.82, 2.24) is 10.6 Å². The van der Waals surface area contributed by atoms with Crippen molar-refractivity contribution < 1.29 is 4.79 Å². The fraction of sp³-hybridized carbons (Fsp3) is 0.364. The Hall–Kier alpha value is -1.07. The van der Waals surface area contributed by atoms with Crippen LogP contribution in [0.3, 0.4) is 0 Å². The van der Waals surface area contributed by atoms with E-state index in [2.05, 4.69) is 26.6 Å². The highest BCUT2D eigenvalue weighted by Crippen LogP contribution is 2.22. The first-order valence-corrected chi connectivity index (χ1v) is 5.98.